The van der Waals surface area contributed by atoms with Crippen LogP contribution in [-0.4, -0.2) is 47.8 Å². The van der Waals surface area contributed by atoms with Gasteiger partial charge < -0.3 is 14.7 Å². The number of aliphatic carboxylic acids is 1. The van der Waals surface area contributed by atoms with Crippen molar-refractivity contribution in [2.24, 2.45) is 11.8 Å². The molecule has 1 amide bonds. The summed E-state index contributed by atoms with van der Waals surface area (Å²) < 4.78 is 44.2. The number of carbonyl (C=O) groups excluding carboxylic acids is 1. The Kier molecular flexibility index (Phi) is 5.59. The Hall–Kier alpha value is -2.25. The number of hydrogen-bond donors (Lipinski definition) is 1. The Labute approximate surface area is 143 Å². The molecule has 138 valence electrons. The van der Waals surface area contributed by atoms with E-state index in [1.165, 1.54) is 0 Å². The molecule has 8 heteroatoms. The van der Waals surface area contributed by atoms with Crippen molar-refractivity contribution in [3.63, 3.8) is 0 Å². The summed E-state index contributed by atoms with van der Waals surface area (Å²) in [5.41, 5.74) is 1.01. The number of carbonyl (C=O) groups is 2. The minimum Gasteiger partial charge on any atom is -0.484 e. The van der Waals surface area contributed by atoms with Crippen LogP contribution in [0.4, 0.5) is 13.2 Å². The van der Waals surface area contributed by atoms with Crippen LogP contribution in [0, 0.1) is 11.8 Å². The minimum atomic E-state index is -4.66. The average molecular weight is 359 g/mol. The van der Waals surface area contributed by atoms with E-state index in [4.69, 9.17) is 9.84 Å². The van der Waals surface area contributed by atoms with E-state index in [-0.39, 0.29) is 5.92 Å². The molecule has 2 rings (SSSR count). The van der Waals surface area contributed by atoms with E-state index in [0.29, 0.717) is 5.75 Å². The van der Waals surface area contributed by atoms with Gasteiger partial charge in [-0.2, -0.15) is 13.2 Å². The van der Waals surface area contributed by atoms with Gasteiger partial charge in [-0.25, -0.2) is 0 Å². The van der Waals surface area contributed by atoms with Crippen molar-refractivity contribution in [2.45, 2.75) is 25.9 Å². The zero-order valence-electron chi connectivity index (χ0n) is 13.9. The summed E-state index contributed by atoms with van der Waals surface area (Å²) in [6.45, 7) is 2.44. The van der Waals surface area contributed by atoms with Crippen molar-refractivity contribution < 1.29 is 32.6 Å². The predicted octanol–water partition coefficient (Wildman–Crippen LogP) is 2.91. The molecule has 0 aliphatic carbocycles. The maximum atomic E-state index is 12.9. The Morgan fingerprint density at radius 2 is 2.00 bits per heavy atom. The van der Waals surface area contributed by atoms with Gasteiger partial charge in [0.1, 0.15) is 5.75 Å². The van der Waals surface area contributed by atoms with Gasteiger partial charge in [0.15, 0.2) is 6.61 Å². The van der Waals surface area contributed by atoms with Crippen molar-refractivity contribution in [3.05, 3.63) is 29.8 Å². The van der Waals surface area contributed by atoms with Crippen LogP contribution in [-0.2, 0) is 9.59 Å². The maximum Gasteiger partial charge on any atom is 0.394 e. The quantitative estimate of drug-likeness (QED) is 0.878. The molecular formula is C17H20F3NO4. The van der Waals surface area contributed by atoms with Gasteiger partial charge >= 0.3 is 12.1 Å². The fraction of sp³-hybridized carbons (Fsp3) is 0.529. The second-order valence-corrected chi connectivity index (χ2v) is 6.41. The van der Waals surface area contributed by atoms with Gasteiger partial charge in [0.2, 0.25) is 0 Å². The van der Waals surface area contributed by atoms with E-state index in [9.17, 15) is 22.8 Å². The molecule has 0 aromatic heterocycles. The summed E-state index contributed by atoms with van der Waals surface area (Å²) in [5.74, 6) is -5.20. The number of amides is 1. The third-order valence-electron chi connectivity index (χ3n) is 4.30. The molecule has 5 nitrogen and oxygen atoms in total. The molecule has 1 saturated heterocycles. The standard InChI is InChI=1S/C17H20F3NO4/c1-10(2)11-4-3-5-12(6-11)25-9-15(22)21-7-13(16(23)24)14(8-21)17(18,19)20/h3-6,10,13-14H,7-9H2,1-2H3,(H,23,24)/t13-,14-/m1/s1. The van der Waals surface area contributed by atoms with Crippen molar-refractivity contribution >= 4 is 11.9 Å². The fourth-order valence-corrected chi connectivity index (χ4v) is 2.79. The normalized spacial score (nSPS) is 20.8. The lowest BCUT2D eigenvalue weighted by molar-refractivity contribution is -0.188. The van der Waals surface area contributed by atoms with Crippen molar-refractivity contribution in [2.75, 3.05) is 19.7 Å². The van der Waals surface area contributed by atoms with Crippen LogP contribution in [0.15, 0.2) is 24.3 Å². The lowest BCUT2D eigenvalue weighted by Gasteiger charge is -2.18. The second-order valence-electron chi connectivity index (χ2n) is 6.41. The minimum absolute atomic E-state index is 0.265. The van der Waals surface area contributed by atoms with Crippen molar-refractivity contribution in [1.82, 2.24) is 4.90 Å². The fourth-order valence-electron chi connectivity index (χ4n) is 2.79. The van der Waals surface area contributed by atoms with Crippen LogP contribution < -0.4 is 4.74 Å². The van der Waals surface area contributed by atoms with Gasteiger partial charge in [0.25, 0.3) is 5.91 Å². The molecule has 2 atom stereocenters. The zero-order chi connectivity index (χ0) is 18.8. The number of hydrogen-bond acceptors (Lipinski definition) is 3. The number of benzene rings is 1. The second kappa shape index (κ2) is 7.33. The summed E-state index contributed by atoms with van der Waals surface area (Å²) in [7, 11) is 0. The van der Waals surface area contributed by atoms with E-state index >= 15 is 0 Å². The summed E-state index contributed by atoms with van der Waals surface area (Å²) in [5, 5.41) is 8.97. The first-order chi connectivity index (χ1) is 11.6. The predicted molar refractivity (Wildman–Crippen MR) is 83.3 cm³/mol. The van der Waals surface area contributed by atoms with Gasteiger partial charge in [-0.1, -0.05) is 26.0 Å². The van der Waals surface area contributed by atoms with E-state index in [1.807, 2.05) is 19.9 Å². The van der Waals surface area contributed by atoms with Crippen LogP contribution in [0.3, 0.4) is 0 Å². The summed E-state index contributed by atoms with van der Waals surface area (Å²) >= 11 is 0. The summed E-state index contributed by atoms with van der Waals surface area (Å²) in [4.78, 5) is 24.1. The van der Waals surface area contributed by atoms with Crippen LogP contribution in [0.1, 0.15) is 25.3 Å². The highest BCUT2D eigenvalue weighted by Gasteiger charge is 2.53. The highest BCUT2D eigenvalue weighted by molar-refractivity contribution is 5.80. The molecule has 1 aromatic carbocycles. The van der Waals surface area contributed by atoms with Crippen LogP contribution in [0.25, 0.3) is 0 Å². The highest BCUT2D eigenvalue weighted by Crippen LogP contribution is 2.37. The summed E-state index contributed by atoms with van der Waals surface area (Å²) in [6, 6.07) is 7.10. The SMILES string of the molecule is CC(C)c1cccc(OCC(=O)N2C[C@@H](C(F)(F)F)[C@H](C(=O)O)C2)c1. The number of alkyl halides is 3. The number of halogens is 3. The average Bonchev–Trinajstić information content (AvgIpc) is 2.99. The third kappa shape index (κ3) is 4.64. The molecule has 1 fully saturated rings. The van der Waals surface area contributed by atoms with E-state index in [2.05, 4.69) is 0 Å². The molecule has 0 unspecified atom stereocenters. The summed E-state index contributed by atoms with van der Waals surface area (Å²) in [6.07, 6.45) is -4.66. The Balaban J connectivity index is 1.99. The number of nitrogens with zero attached hydrogens (tertiary/aromatic N) is 1. The number of carboxylic acid groups (broad SMARTS) is 1. The largest absolute Gasteiger partial charge is 0.484 e. The molecule has 0 radical (unpaired) electrons. The van der Waals surface area contributed by atoms with Crippen LogP contribution in [0.2, 0.25) is 0 Å². The Bertz CT molecular complexity index is 645. The van der Waals surface area contributed by atoms with Gasteiger partial charge in [0, 0.05) is 13.1 Å². The molecule has 1 aromatic rings. The third-order valence-corrected chi connectivity index (χ3v) is 4.30. The highest BCUT2D eigenvalue weighted by atomic mass is 19.4. The van der Waals surface area contributed by atoms with Crippen molar-refractivity contribution in [3.8, 4) is 5.75 Å². The molecule has 1 aliphatic heterocycles. The van der Waals surface area contributed by atoms with Crippen LogP contribution in [0.5, 0.6) is 5.75 Å². The molecule has 25 heavy (non-hydrogen) atoms. The monoisotopic (exact) mass is 359 g/mol. The number of ether oxygens (including phenoxy) is 1. The van der Waals surface area contributed by atoms with Crippen molar-refractivity contribution in [1.29, 1.82) is 0 Å². The first-order valence-electron chi connectivity index (χ1n) is 7.89. The zero-order valence-corrected chi connectivity index (χ0v) is 13.9. The molecule has 1 aliphatic rings. The molecule has 0 bridgehead atoms. The Morgan fingerprint density at radius 3 is 2.52 bits per heavy atom. The smallest absolute Gasteiger partial charge is 0.394 e. The van der Waals surface area contributed by atoms with Gasteiger partial charge in [0.05, 0.1) is 11.8 Å². The van der Waals surface area contributed by atoms with E-state index in [1.54, 1.807) is 18.2 Å². The van der Waals surface area contributed by atoms with Gasteiger partial charge in [-0.15, -0.1) is 0 Å². The molecule has 0 saturated carbocycles. The first-order valence-corrected chi connectivity index (χ1v) is 7.89. The lowest BCUT2D eigenvalue weighted by Crippen LogP contribution is -2.35. The number of rotatable bonds is 5. The topological polar surface area (TPSA) is 66.8 Å². The van der Waals surface area contributed by atoms with E-state index in [0.717, 1.165) is 10.5 Å². The van der Waals surface area contributed by atoms with E-state index < -0.39 is 49.6 Å². The molecule has 1 heterocycles. The van der Waals surface area contributed by atoms with Crippen LogP contribution >= 0.6 is 0 Å². The molecule has 0 spiro atoms. The number of likely N-dealkylation sites (tertiary alicyclic amines) is 1. The Morgan fingerprint density at radius 1 is 1.32 bits per heavy atom. The molecule has 1 N–H and O–H groups in total. The maximum absolute atomic E-state index is 12.9. The first kappa shape index (κ1) is 19.1. The van der Waals surface area contributed by atoms with Gasteiger partial charge in [-0.3, -0.25) is 9.59 Å². The lowest BCUT2D eigenvalue weighted by atomic mass is 9.96. The number of carboxylic acids is 1. The van der Waals surface area contributed by atoms with Gasteiger partial charge in [-0.05, 0) is 23.6 Å². The molecular weight excluding hydrogens is 339 g/mol.